The van der Waals surface area contributed by atoms with Crippen molar-refractivity contribution in [2.24, 2.45) is 0 Å². The number of allylic oxidation sites excluding steroid dienone is 22. The first-order chi connectivity index (χ1) is 34.0. The highest BCUT2D eigenvalue weighted by Gasteiger charge is 2.27. The summed E-state index contributed by atoms with van der Waals surface area (Å²) in [6.45, 7) is 4.12. The molecule has 70 heavy (non-hydrogen) atoms. The van der Waals surface area contributed by atoms with Crippen LogP contribution in [0, 0.1) is 0 Å². The topological polar surface area (TPSA) is 108 Å². The zero-order valence-electron chi connectivity index (χ0n) is 44.7. The van der Waals surface area contributed by atoms with Gasteiger partial charge >= 0.3 is 19.8 Å². The summed E-state index contributed by atoms with van der Waals surface area (Å²) in [4.78, 5) is 35.6. The van der Waals surface area contributed by atoms with Gasteiger partial charge in [0.25, 0.3) is 0 Å². The Hall–Kier alpha value is -3.85. The number of ether oxygens (including phenoxy) is 2. The monoisotopic (exact) mass is 993 g/mol. The van der Waals surface area contributed by atoms with Gasteiger partial charge < -0.3 is 18.9 Å². The molecule has 0 saturated heterocycles. The van der Waals surface area contributed by atoms with E-state index in [9.17, 15) is 19.0 Å². The van der Waals surface area contributed by atoms with Gasteiger partial charge in [-0.1, -0.05) is 192 Å². The molecule has 0 bridgehead atoms. The predicted molar refractivity (Wildman–Crippen MR) is 297 cm³/mol. The van der Waals surface area contributed by atoms with E-state index in [1.807, 2.05) is 21.1 Å². The fraction of sp³-hybridized carbons (Fsp3) is 0.600. The number of rotatable bonds is 47. The molecule has 0 fully saturated rings. The Balaban J connectivity index is 4.25. The molecule has 1 N–H and O–H groups in total. The number of esters is 2. The third-order valence-electron chi connectivity index (χ3n) is 10.7. The van der Waals surface area contributed by atoms with Crippen LogP contribution in [0.1, 0.15) is 181 Å². The summed E-state index contributed by atoms with van der Waals surface area (Å²) in [7, 11) is 1.43. The molecule has 0 aliphatic carbocycles. The van der Waals surface area contributed by atoms with Crippen LogP contribution in [0.4, 0.5) is 0 Å². The van der Waals surface area contributed by atoms with Crippen LogP contribution in [-0.2, 0) is 32.7 Å². The van der Waals surface area contributed by atoms with Crippen molar-refractivity contribution in [3.05, 3.63) is 134 Å². The molecule has 2 atom stereocenters. The molecule has 0 saturated carbocycles. The minimum absolute atomic E-state index is 0.0159. The molecule has 0 aliphatic heterocycles. The van der Waals surface area contributed by atoms with Gasteiger partial charge in [-0.25, -0.2) is 4.57 Å². The second kappa shape index (κ2) is 50.1. The lowest BCUT2D eigenvalue weighted by molar-refractivity contribution is -0.870. The number of carbonyl (C=O) groups is 2. The smallest absolute Gasteiger partial charge is 0.462 e. The molecule has 0 amide bonds. The number of phosphoric ester groups is 1. The Bertz CT molecular complexity index is 1640. The molecule has 0 aromatic carbocycles. The lowest BCUT2D eigenvalue weighted by Crippen LogP contribution is -2.37. The summed E-state index contributed by atoms with van der Waals surface area (Å²) >= 11 is 0. The minimum atomic E-state index is -4.40. The molecule has 10 heteroatoms. The highest BCUT2D eigenvalue weighted by molar-refractivity contribution is 7.47. The van der Waals surface area contributed by atoms with Gasteiger partial charge in [-0.3, -0.25) is 18.6 Å². The summed E-state index contributed by atoms with van der Waals surface area (Å²) in [6, 6.07) is 0. The number of phosphoric acid groups is 1. The molecule has 9 nitrogen and oxygen atoms in total. The van der Waals surface area contributed by atoms with E-state index in [4.69, 9.17) is 18.5 Å². The van der Waals surface area contributed by atoms with E-state index in [0.717, 1.165) is 109 Å². The summed E-state index contributed by atoms with van der Waals surface area (Å²) in [6.07, 6.45) is 72.3. The Morgan fingerprint density at radius 2 is 0.771 bits per heavy atom. The predicted octanol–water partition coefficient (Wildman–Crippen LogP) is 16.6. The van der Waals surface area contributed by atoms with Crippen LogP contribution in [0.5, 0.6) is 0 Å². The van der Waals surface area contributed by atoms with Gasteiger partial charge in [0.1, 0.15) is 19.8 Å². The average Bonchev–Trinajstić information content (AvgIpc) is 3.32. The van der Waals surface area contributed by atoms with Crippen LogP contribution >= 0.6 is 7.82 Å². The van der Waals surface area contributed by atoms with Crippen molar-refractivity contribution >= 4 is 19.8 Å². The van der Waals surface area contributed by atoms with Gasteiger partial charge in [0, 0.05) is 12.8 Å². The molecule has 0 spiro atoms. The van der Waals surface area contributed by atoms with Crippen LogP contribution in [0.15, 0.2) is 134 Å². The van der Waals surface area contributed by atoms with Crippen molar-refractivity contribution in [3.63, 3.8) is 0 Å². The number of unbranched alkanes of at least 4 members (excludes halogenated alkanes) is 11. The second-order valence-corrected chi connectivity index (χ2v) is 19.9. The maximum atomic E-state index is 12.8. The number of hydrogen-bond donors (Lipinski definition) is 1. The SMILES string of the molecule is CC/C=C\C/C=C\C/C=C\C/C=C\C/C=C\C/C=C\C/C=C\CCCCCCCCCCCC(=O)OC(COC(=O)CCCC/C=C\C/C=C\C/C=C\C/C=C\CC)COP(=O)(O)OCC[N+](C)(C)C. The Kier molecular flexibility index (Phi) is 47.3. The summed E-state index contributed by atoms with van der Waals surface area (Å²) in [5.74, 6) is -0.866. The highest BCUT2D eigenvalue weighted by atomic mass is 31.2. The highest BCUT2D eigenvalue weighted by Crippen LogP contribution is 2.43. The number of nitrogens with zero attached hydrogens (tertiary/aromatic N) is 1. The Morgan fingerprint density at radius 3 is 1.17 bits per heavy atom. The zero-order valence-corrected chi connectivity index (χ0v) is 45.6. The average molecular weight is 993 g/mol. The van der Waals surface area contributed by atoms with Crippen molar-refractivity contribution < 1.29 is 42.1 Å². The van der Waals surface area contributed by atoms with Gasteiger partial charge in [0.2, 0.25) is 0 Å². The third kappa shape index (κ3) is 53.5. The first-order valence-corrected chi connectivity index (χ1v) is 28.4. The van der Waals surface area contributed by atoms with E-state index in [-0.39, 0.29) is 26.1 Å². The van der Waals surface area contributed by atoms with Crippen LogP contribution in [-0.4, -0.2) is 74.9 Å². The molecule has 0 aromatic rings. The first kappa shape index (κ1) is 66.2. The van der Waals surface area contributed by atoms with Crippen LogP contribution < -0.4 is 0 Å². The van der Waals surface area contributed by atoms with Gasteiger partial charge in [0.15, 0.2) is 6.10 Å². The lowest BCUT2D eigenvalue weighted by atomic mass is 10.1. The number of hydrogen-bond acceptors (Lipinski definition) is 7. The van der Waals surface area contributed by atoms with E-state index >= 15 is 0 Å². The van der Waals surface area contributed by atoms with Crippen molar-refractivity contribution in [1.82, 2.24) is 0 Å². The molecule has 2 unspecified atom stereocenters. The maximum absolute atomic E-state index is 12.8. The zero-order chi connectivity index (χ0) is 51.3. The maximum Gasteiger partial charge on any atom is 0.472 e. The van der Waals surface area contributed by atoms with Gasteiger partial charge in [-0.05, 0) is 109 Å². The van der Waals surface area contributed by atoms with Gasteiger partial charge in [0.05, 0.1) is 27.7 Å². The normalized spacial score (nSPS) is 14.4. The summed E-state index contributed by atoms with van der Waals surface area (Å²) < 4.78 is 34.4. The van der Waals surface area contributed by atoms with E-state index < -0.39 is 32.5 Å². The van der Waals surface area contributed by atoms with E-state index in [1.165, 1.54) is 32.1 Å². The van der Waals surface area contributed by atoms with Crippen molar-refractivity contribution in [2.45, 2.75) is 187 Å². The molecular formula is C60H99NO8P+. The molecule has 0 heterocycles. The number of quaternary nitrogens is 1. The second-order valence-electron chi connectivity index (χ2n) is 18.5. The fourth-order valence-corrected chi connectivity index (χ4v) is 7.31. The van der Waals surface area contributed by atoms with Crippen LogP contribution in [0.25, 0.3) is 0 Å². The Labute approximate surface area is 428 Å². The van der Waals surface area contributed by atoms with Gasteiger partial charge in [-0.15, -0.1) is 0 Å². The fourth-order valence-electron chi connectivity index (χ4n) is 6.57. The summed E-state index contributed by atoms with van der Waals surface area (Å²) in [5.41, 5.74) is 0. The van der Waals surface area contributed by atoms with Crippen molar-refractivity contribution in [1.29, 1.82) is 0 Å². The first-order valence-electron chi connectivity index (χ1n) is 26.9. The molecule has 0 aromatic heterocycles. The van der Waals surface area contributed by atoms with Crippen LogP contribution in [0.3, 0.4) is 0 Å². The third-order valence-corrected chi connectivity index (χ3v) is 11.7. The van der Waals surface area contributed by atoms with Crippen molar-refractivity contribution in [3.8, 4) is 0 Å². The molecular weight excluding hydrogens is 894 g/mol. The molecule has 0 rings (SSSR count). The number of likely N-dealkylation sites (N-methyl/N-ethyl adjacent to an activating group) is 1. The molecule has 396 valence electrons. The minimum Gasteiger partial charge on any atom is -0.462 e. The van der Waals surface area contributed by atoms with E-state index in [2.05, 4.69) is 148 Å². The molecule has 0 aliphatic rings. The standard InChI is InChI=1S/C60H98NO8P/c1-6-8-10-12-14-16-18-20-22-23-24-25-26-27-28-29-30-31-32-33-34-35-36-37-39-41-43-45-47-49-51-53-60(63)69-58(57-68-70(64,65)67-55-54-61(3,4)5)56-66-59(62)52-50-48-46-44-42-40-38-21-19-17-15-13-11-9-7-2/h8-11,14-17,20-22,24-25,27-28,30-31,33-34,38,42,44,58H,6-7,12-13,18-19,23,26,29,32,35-37,39-41,43,45-57H2,1-5H3/p+1/b10-8-,11-9-,16-14-,17-15-,22-20-,25-24-,28-27-,31-30-,34-33-,38-21-,44-42-. The molecule has 0 radical (unpaired) electrons. The largest absolute Gasteiger partial charge is 0.472 e. The number of carbonyl (C=O) groups excluding carboxylic acids is 2. The Morgan fingerprint density at radius 1 is 0.443 bits per heavy atom. The van der Waals surface area contributed by atoms with E-state index in [1.54, 1.807) is 0 Å². The quantitative estimate of drug-likeness (QED) is 0.0211. The van der Waals surface area contributed by atoms with Gasteiger partial charge in [-0.2, -0.15) is 0 Å². The van der Waals surface area contributed by atoms with Crippen LogP contribution in [0.2, 0.25) is 0 Å². The van der Waals surface area contributed by atoms with E-state index in [0.29, 0.717) is 23.9 Å². The lowest BCUT2D eigenvalue weighted by Gasteiger charge is -2.24. The summed E-state index contributed by atoms with van der Waals surface area (Å²) in [5, 5.41) is 0. The van der Waals surface area contributed by atoms with Crippen molar-refractivity contribution in [2.75, 3.05) is 47.5 Å².